The van der Waals surface area contributed by atoms with Crippen LogP contribution in [-0.2, 0) is 16.9 Å². The zero-order chi connectivity index (χ0) is 13.5. The normalized spacial score (nSPS) is 25.0. The number of benzene rings is 1. The number of halogens is 2. The van der Waals surface area contributed by atoms with Crippen molar-refractivity contribution >= 4 is 0 Å². The molecule has 7 heteroatoms. The number of nitriles is 1. The summed E-state index contributed by atoms with van der Waals surface area (Å²) in [6.45, 7) is 0.103. The average Bonchev–Trinajstić information content (AvgIpc) is 2.85. The highest BCUT2D eigenvalue weighted by atomic mass is 19.1. The van der Waals surface area contributed by atoms with Crippen LogP contribution in [0.4, 0.5) is 8.78 Å². The minimum atomic E-state index is -1.20. The van der Waals surface area contributed by atoms with Gasteiger partial charge in [-0.25, -0.2) is 18.4 Å². The number of aromatic nitrogens is 3. The van der Waals surface area contributed by atoms with Crippen LogP contribution in [0.5, 0.6) is 0 Å². The SMILES string of the molecule is N#CC1OC1(Cn1cncn1)c1cc(F)ccc1F. The van der Waals surface area contributed by atoms with Gasteiger partial charge in [-0.2, -0.15) is 10.4 Å². The summed E-state index contributed by atoms with van der Waals surface area (Å²) in [6, 6.07) is 5.00. The molecule has 5 nitrogen and oxygen atoms in total. The third kappa shape index (κ3) is 1.86. The summed E-state index contributed by atoms with van der Waals surface area (Å²) in [4.78, 5) is 3.76. The molecule has 2 heterocycles. The molecule has 2 atom stereocenters. The number of rotatable bonds is 3. The molecular formula is C12H8F2N4O. The van der Waals surface area contributed by atoms with Gasteiger partial charge in [0.25, 0.3) is 0 Å². The van der Waals surface area contributed by atoms with E-state index in [1.165, 1.54) is 17.3 Å². The molecule has 0 bridgehead atoms. The Morgan fingerprint density at radius 3 is 2.95 bits per heavy atom. The molecule has 1 fully saturated rings. The molecule has 1 aliphatic heterocycles. The third-order valence-electron chi connectivity index (χ3n) is 3.06. The molecule has 19 heavy (non-hydrogen) atoms. The average molecular weight is 262 g/mol. The zero-order valence-electron chi connectivity index (χ0n) is 9.62. The molecular weight excluding hydrogens is 254 g/mol. The van der Waals surface area contributed by atoms with Gasteiger partial charge >= 0.3 is 0 Å². The van der Waals surface area contributed by atoms with Gasteiger partial charge in [0.1, 0.15) is 24.3 Å². The summed E-state index contributed by atoms with van der Waals surface area (Å²) in [5.74, 6) is -1.19. The van der Waals surface area contributed by atoms with Crippen molar-refractivity contribution in [3.63, 3.8) is 0 Å². The largest absolute Gasteiger partial charge is 0.343 e. The number of nitrogens with zero attached hydrogens (tertiary/aromatic N) is 4. The van der Waals surface area contributed by atoms with E-state index in [1.807, 2.05) is 6.07 Å². The number of hydrogen-bond donors (Lipinski definition) is 0. The Balaban J connectivity index is 2.02. The third-order valence-corrected chi connectivity index (χ3v) is 3.06. The van der Waals surface area contributed by atoms with E-state index in [0.717, 1.165) is 18.2 Å². The summed E-state index contributed by atoms with van der Waals surface area (Å²) >= 11 is 0. The van der Waals surface area contributed by atoms with E-state index >= 15 is 0 Å². The van der Waals surface area contributed by atoms with Crippen LogP contribution in [0.25, 0.3) is 0 Å². The highest BCUT2D eigenvalue weighted by molar-refractivity contribution is 5.34. The van der Waals surface area contributed by atoms with Crippen LogP contribution in [0.3, 0.4) is 0 Å². The van der Waals surface area contributed by atoms with E-state index in [9.17, 15) is 8.78 Å². The highest BCUT2D eigenvalue weighted by Crippen LogP contribution is 2.48. The number of hydrogen-bond acceptors (Lipinski definition) is 4. The molecule has 1 aromatic carbocycles. The molecule has 3 rings (SSSR count). The first-order valence-electron chi connectivity index (χ1n) is 5.51. The lowest BCUT2D eigenvalue weighted by atomic mass is 9.95. The maximum absolute atomic E-state index is 13.8. The van der Waals surface area contributed by atoms with Crippen molar-refractivity contribution in [2.45, 2.75) is 18.2 Å². The van der Waals surface area contributed by atoms with Gasteiger partial charge in [0.05, 0.1) is 12.6 Å². The Bertz CT molecular complexity index is 652. The zero-order valence-corrected chi connectivity index (χ0v) is 9.62. The van der Waals surface area contributed by atoms with E-state index in [2.05, 4.69) is 10.1 Å². The van der Waals surface area contributed by atoms with Gasteiger partial charge in [-0.05, 0) is 18.2 Å². The van der Waals surface area contributed by atoms with E-state index in [4.69, 9.17) is 10.00 Å². The molecule has 1 saturated heterocycles. The summed E-state index contributed by atoms with van der Waals surface area (Å²) in [6.07, 6.45) is 1.92. The Morgan fingerprint density at radius 1 is 1.47 bits per heavy atom. The van der Waals surface area contributed by atoms with Crippen molar-refractivity contribution in [2.24, 2.45) is 0 Å². The molecule has 1 aliphatic rings. The van der Waals surface area contributed by atoms with Crippen molar-refractivity contribution in [3.8, 4) is 6.07 Å². The number of ether oxygens (including phenoxy) is 1. The lowest BCUT2D eigenvalue weighted by Gasteiger charge is -2.13. The summed E-state index contributed by atoms with van der Waals surface area (Å²) in [7, 11) is 0. The predicted octanol–water partition coefficient (Wildman–Crippen LogP) is 1.37. The standard InChI is InChI=1S/C12H8F2N4O/c13-8-1-2-10(14)9(3-8)12(11(4-15)19-12)5-18-7-16-6-17-18/h1-3,6-7,11H,5H2. The number of epoxide rings is 1. The fraction of sp³-hybridized carbons (Fsp3) is 0.250. The second-order valence-corrected chi connectivity index (χ2v) is 4.23. The molecule has 0 amide bonds. The Labute approximate surface area is 107 Å². The predicted molar refractivity (Wildman–Crippen MR) is 58.5 cm³/mol. The van der Waals surface area contributed by atoms with Crippen molar-refractivity contribution in [1.29, 1.82) is 5.26 Å². The minimum absolute atomic E-state index is 0.0227. The van der Waals surface area contributed by atoms with Gasteiger partial charge < -0.3 is 4.74 Å². The van der Waals surface area contributed by atoms with E-state index in [-0.39, 0.29) is 12.1 Å². The molecule has 0 N–H and O–H groups in total. The summed E-state index contributed by atoms with van der Waals surface area (Å²) < 4.78 is 33.8. The van der Waals surface area contributed by atoms with Crippen molar-refractivity contribution in [1.82, 2.24) is 14.8 Å². The molecule has 0 spiro atoms. The first-order valence-corrected chi connectivity index (χ1v) is 5.51. The monoisotopic (exact) mass is 262 g/mol. The second kappa shape index (κ2) is 4.10. The van der Waals surface area contributed by atoms with E-state index in [1.54, 1.807) is 0 Å². The van der Waals surface area contributed by atoms with Gasteiger partial charge in [0, 0.05) is 5.56 Å². The molecule has 2 unspecified atom stereocenters. The molecule has 0 radical (unpaired) electrons. The van der Waals surface area contributed by atoms with Crippen molar-refractivity contribution < 1.29 is 13.5 Å². The van der Waals surface area contributed by atoms with Crippen LogP contribution in [0.15, 0.2) is 30.9 Å². The molecule has 0 aliphatic carbocycles. The lowest BCUT2D eigenvalue weighted by molar-refractivity contribution is 0.259. The van der Waals surface area contributed by atoms with Gasteiger partial charge in [-0.1, -0.05) is 0 Å². The van der Waals surface area contributed by atoms with Crippen molar-refractivity contribution in [2.75, 3.05) is 0 Å². The summed E-state index contributed by atoms with van der Waals surface area (Å²) in [5, 5.41) is 12.8. The first-order chi connectivity index (χ1) is 9.15. The van der Waals surface area contributed by atoms with E-state index < -0.39 is 23.3 Å². The molecule has 1 aromatic heterocycles. The van der Waals surface area contributed by atoms with Crippen LogP contribution in [0.2, 0.25) is 0 Å². The maximum Gasteiger partial charge on any atom is 0.180 e. The highest BCUT2D eigenvalue weighted by Gasteiger charge is 2.60. The molecule has 2 aromatic rings. The molecule has 96 valence electrons. The quantitative estimate of drug-likeness (QED) is 0.783. The van der Waals surface area contributed by atoms with Crippen LogP contribution in [-0.4, -0.2) is 20.9 Å². The van der Waals surface area contributed by atoms with Gasteiger partial charge in [0.15, 0.2) is 11.7 Å². The Kier molecular flexibility index (Phi) is 2.54. The van der Waals surface area contributed by atoms with Gasteiger partial charge in [-0.3, -0.25) is 0 Å². The van der Waals surface area contributed by atoms with Crippen LogP contribution < -0.4 is 0 Å². The lowest BCUT2D eigenvalue weighted by Crippen LogP contribution is -2.22. The van der Waals surface area contributed by atoms with Gasteiger partial charge in [-0.15, -0.1) is 0 Å². The topological polar surface area (TPSA) is 67.0 Å². The van der Waals surface area contributed by atoms with Crippen LogP contribution in [0, 0.1) is 23.0 Å². The summed E-state index contributed by atoms with van der Waals surface area (Å²) in [5.41, 5.74) is -1.18. The van der Waals surface area contributed by atoms with Crippen molar-refractivity contribution in [3.05, 3.63) is 48.1 Å². The van der Waals surface area contributed by atoms with Crippen LogP contribution in [0.1, 0.15) is 5.56 Å². The first kappa shape index (κ1) is 11.7. The van der Waals surface area contributed by atoms with E-state index in [0.29, 0.717) is 0 Å². The maximum atomic E-state index is 13.8. The minimum Gasteiger partial charge on any atom is -0.343 e. The second-order valence-electron chi connectivity index (χ2n) is 4.23. The van der Waals surface area contributed by atoms with Gasteiger partial charge in [0.2, 0.25) is 0 Å². The molecule has 0 saturated carbocycles. The smallest absolute Gasteiger partial charge is 0.180 e. The fourth-order valence-corrected chi connectivity index (χ4v) is 2.09. The Morgan fingerprint density at radius 2 is 2.32 bits per heavy atom. The fourth-order valence-electron chi connectivity index (χ4n) is 2.09. The Hall–Kier alpha value is -2.33. The van der Waals surface area contributed by atoms with Crippen LogP contribution >= 0.6 is 0 Å².